The highest BCUT2D eigenvalue weighted by molar-refractivity contribution is 5.86. The fourth-order valence-electron chi connectivity index (χ4n) is 3.15. The van der Waals surface area contributed by atoms with Gasteiger partial charge in [0.2, 0.25) is 0 Å². The molecule has 130 valence electrons. The van der Waals surface area contributed by atoms with E-state index in [1.165, 1.54) is 11.0 Å². The molecule has 0 saturated carbocycles. The normalized spacial score (nSPS) is 31.0. The number of hydrogen-bond donors (Lipinski definition) is 3. The lowest BCUT2D eigenvalue weighted by Gasteiger charge is -2.28. The second-order valence-corrected chi connectivity index (χ2v) is 5.85. The molecule has 4 heterocycles. The molecule has 0 amide bonds. The van der Waals surface area contributed by atoms with Gasteiger partial charge in [-0.3, -0.25) is 0 Å². The molecule has 2 aliphatic heterocycles. The molecule has 2 saturated heterocycles. The van der Waals surface area contributed by atoms with Crippen LogP contribution in [-0.2, 0) is 9.47 Å². The lowest BCUT2D eigenvalue weighted by atomic mass is 10.1. The van der Waals surface area contributed by atoms with Gasteiger partial charge in [0.05, 0.1) is 31.4 Å². The van der Waals surface area contributed by atoms with Gasteiger partial charge in [-0.25, -0.2) is 14.6 Å². The Balaban J connectivity index is 1.71. The van der Waals surface area contributed by atoms with Gasteiger partial charge in [-0.15, -0.1) is 0 Å². The number of aromatic nitrogens is 4. The zero-order valence-corrected chi connectivity index (χ0v) is 12.9. The standard InChI is InChI=1S/C14H19N5O5/c20-6-9-10(21)11(22)14(24-9)19-13-8(5-17-19)12(15-7-16-13)18-1-3-23-4-2-18/h5,7,9-11,14,20-22H,1-4,6H2/t9-,10-,11-,14?/m1/s1. The van der Waals surface area contributed by atoms with E-state index in [0.29, 0.717) is 18.9 Å². The fraction of sp³-hybridized carbons (Fsp3) is 0.643. The third-order valence-corrected chi connectivity index (χ3v) is 4.44. The molecule has 2 fully saturated rings. The largest absolute Gasteiger partial charge is 0.394 e. The van der Waals surface area contributed by atoms with Crippen molar-refractivity contribution < 1.29 is 24.8 Å². The minimum atomic E-state index is -1.20. The smallest absolute Gasteiger partial charge is 0.181 e. The van der Waals surface area contributed by atoms with Crippen LogP contribution in [0, 0.1) is 0 Å². The van der Waals surface area contributed by atoms with Gasteiger partial charge >= 0.3 is 0 Å². The number of aliphatic hydroxyl groups excluding tert-OH is 3. The van der Waals surface area contributed by atoms with Crippen molar-refractivity contribution in [2.75, 3.05) is 37.8 Å². The predicted molar refractivity (Wildman–Crippen MR) is 81.4 cm³/mol. The van der Waals surface area contributed by atoms with Crippen LogP contribution in [0.5, 0.6) is 0 Å². The van der Waals surface area contributed by atoms with Gasteiger partial charge in [0.1, 0.15) is 30.5 Å². The average molecular weight is 337 g/mol. The molecule has 0 radical (unpaired) electrons. The highest BCUT2D eigenvalue weighted by Gasteiger charge is 2.44. The second kappa shape index (κ2) is 6.22. The summed E-state index contributed by atoms with van der Waals surface area (Å²) in [6, 6.07) is 0. The molecule has 3 N–H and O–H groups in total. The number of morpholine rings is 1. The minimum absolute atomic E-state index is 0.387. The van der Waals surface area contributed by atoms with E-state index in [-0.39, 0.29) is 6.61 Å². The summed E-state index contributed by atoms with van der Waals surface area (Å²) in [5.41, 5.74) is 0.501. The van der Waals surface area contributed by atoms with E-state index < -0.39 is 24.5 Å². The Morgan fingerprint density at radius 2 is 1.96 bits per heavy atom. The van der Waals surface area contributed by atoms with E-state index >= 15 is 0 Å². The van der Waals surface area contributed by atoms with Crippen LogP contribution in [0.2, 0.25) is 0 Å². The van der Waals surface area contributed by atoms with Gasteiger partial charge in [0.25, 0.3) is 0 Å². The molecule has 24 heavy (non-hydrogen) atoms. The number of hydrogen-bond acceptors (Lipinski definition) is 9. The quantitative estimate of drug-likeness (QED) is 0.599. The van der Waals surface area contributed by atoms with E-state index in [4.69, 9.17) is 9.47 Å². The summed E-state index contributed by atoms with van der Waals surface area (Å²) < 4.78 is 12.3. The number of fused-ring (bicyclic) bond motifs is 1. The van der Waals surface area contributed by atoms with Crippen LogP contribution in [0.15, 0.2) is 12.5 Å². The van der Waals surface area contributed by atoms with Crippen molar-refractivity contribution in [2.45, 2.75) is 24.5 Å². The third-order valence-electron chi connectivity index (χ3n) is 4.44. The SMILES string of the molecule is OC[C@H]1OC(n2ncc3c(N4CCOCC4)ncnc32)[C@H](O)[C@@H]1O. The average Bonchev–Trinajstić information content (AvgIpc) is 3.17. The van der Waals surface area contributed by atoms with Gasteiger partial charge in [-0.1, -0.05) is 0 Å². The van der Waals surface area contributed by atoms with E-state index in [1.54, 1.807) is 6.20 Å². The molecule has 0 spiro atoms. The minimum Gasteiger partial charge on any atom is -0.394 e. The van der Waals surface area contributed by atoms with Gasteiger partial charge in [-0.05, 0) is 0 Å². The monoisotopic (exact) mass is 337 g/mol. The Hall–Kier alpha value is -1.85. The molecule has 0 aromatic carbocycles. The summed E-state index contributed by atoms with van der Waals surface area (Å²) in [6.45, 7) is 2.33. The first-order chi connectivity index (χ1) is 11.7. The summed E-state index contributed by atoms with van der Waals surface area (Å²) in [5, 5.41) is 34.3. The van der Waals surface area contributed by atoms with Crippen molar-refractivity contribution in [3.05, 3.63) is 12.5 Å². The first kappa shape index (κ1) is 15.7. The summed E-state index contributed by atoms with van der Waals surface area (Å²) in [7, 11) is 0. The number of nitrogens with zero attached hydrogens (tertiary/aromatic N) is 5. The number of ether oxygens (including phenoxy) is 2. The van der Waals surface area contributed by atoms with Crippen molar-refractivity contribution in [1.29, 1.82) is 0 Å². The van der Waals surface area contributed by atoms with Crippen molar-refractivity contribution in [3.8, 4) is 0 Å². The zero-order valence-electron chi connectivity index (χ0n) is 12.9. The van der Waals surface area contributed by atoms with Gasteiger partial charge in [0, 0.05) is 13.1 Å². The Morgan fingerprint density at radius 1 is 1.17 bits per heavy atom. The van der Waals surface area contributed by atoms with Crippen LogP contribution in [0.1, 0.15) is 6.23 Å². The third kappa shape index (κ3) is 2.43. The van der Waals surface area contributed by atoms with Crippen LogP contribution in [-0.4, -0.2) is 86.3 Å². The molecule has 2 aromatic heterocycles. The molecule has 4 atom stereocenters. The maximum atomic E-state index is 10.2. The number of rotatable bonds is 3. The van der Waals surface area contributed by atoms with Crippen molar-refractivity contribution in [2.24, 2.45) is 0 Å². The summed E-state index contributed by atoms with van der Waals surface area (Å²) >= 11 is 0. The molecule has 10 nitrogen and oxygen atoms in total. The fourth-order valence-corrected chi connectivity index (χ4v) is 3.15. The van der Waals surface area contributed by atoms with Crippen molar-refractivity contribution >= 4 is 16.9 Å². The Morgan fingerprint density at radius 3 is 2.67 bits per heavy atom. The summed E-state index contributed by atoms with van der Waals surface area (Å²) in [6.07, 6.45) is -1.10. The lowest BCUT2D eigenvalue weighted by molar-refractivity contribution is -0.0566. The Bertz CT molecular complexity index is 719. The highest BCUT2D eigenvalue weighted by atomic mass is 16.6. The molecule has 0 bridgehead atoms. The summed E-state index contributed by atoms with van der Waals surface area (Å²) in [5.74, 6) is 0.751. The lowest BCUT2D eigenvalue weighted by Crippen LogP contribution is -2.36. The zero-order chi connectivity index (χ0) is 16.7. The summed E-state index contributed by atoms with van der Waals surface area (Å²) in [4.78, 5) is 10.7. The van der Waals surface area contributed by atoms with Gasteiger partial charge in [0.15, 0.2) is 11.9 Å². The van der Waals surface area contributed by atoms with Crippen LogP contribution >= 0.6 is 0 Å². The van der Waals surface area contributed by atoms with Crippen LogP contribution in [0.3, 0.4) is 0 Å². The van der Waals surface area contributed by atoms with E-state index in [9.17, 15) is 15.3 Å². The van der Waals surface area contributed by atoms with Gasteiger partial charge < -0.3 is 29.7 Å². The van der Waals surface area contributed by atoms with Crippen molar-refractivity contribution in [3.63, 3.8) is 0 Å². The van der Waals surface area contributed by atoms with Crippen LogP contribution in [0.4, 0.5) is 5.82 Å². The molecule has 10 heteroatoms. The van der Waals surface area contributed by atoms with E-state index in [1.807, 2.05) is 0 Å². The molecule has 4 rings (SSSR count). The molecule has 2 aliphatic rings. The first-order valence-electron chi connectivity index (χ1n) is 7.84. The molecular weight excluding hydrogens is 318 g/mol. The predicted octanol–water partition coefficient (Wildman–Crippen LogP) is -1.73. The number of aliphatic hydroxyl groups is 3. The molecular formula is C14H19N5O5. The Kier molecular flexibility index (Phi) is 4.06. The van der Waals surface area contributed by atoms with Gasteiger partial charge in [-0.2, -0.15) is 5.10 Å². The second-order valence-electron chi connectivity index (χ2n) is 5.85. The van der Waals surface area contributed by atoms with E-state index in [0.717, 1.165) is 24.3 Å². The molecule has 0 aliphatic carbocycles. The maximum absolute atomic E-state index is 10.2. The molecule has 2 aromatic rings. The highest BCUT2D eigenvalue weighted by Crippen LogP contribution is 2.32. The molecule has 1 unspecified atom stereocenters. The van der Waals surface area contributed by atoms with Crippen molar-refractivity contribution in [1.82, 2.24) is 19.7 Å². The van der Waals surface area contributed by atoms with Crippen LogP contribution < -0.4 is 4.90 Å². The topological polar surface area (TPSA) is 126 Å². The maximum Gasteiger partial charge on any atom is 0.181 e. The van der Waals surface area contributed by atoms with Crippen LogP contribution in [0.25, 0.3) is 11.0 Å². The van der Waals surface area contributed by atoms with E-state index in [2.05, 4.69) is 20.0 Å². The Labute approximate surface area is 137 Å². The first-order valence-corrected chi connectivity index (χ1v) is 7.84. The number of anilines is 1.